The molecule has 0 spiro atoms. The van der Waals surface area contributed by atoms with Crippen LogP contribution in [0.3, 0.4) is 0 Å². The number of nitrogens with one attached hydrogen (secondary N) is 1. The molecule has 0 saturated carbocycles. The molecule has 154 valence electrons. The Labute approximate surface area is 173 Å². The Morgan fingerprint density at radius 3 is 2.73 bits per heavy atom. The van der Waals surface area contributed by atoms with E-state index in [-0.39, 0.29) is 12.2 Å². The Kier molecular flexibility index (Phi) is 5.97. The monoisotopic (exact) mass is 404 g/mol. The lowest BCUT2D eigenvalue weighted by atomic mass is 10.1. The molecule has 0 atom stereocenters. The van der Waals surface area contributed by atoms with Gasteiger partial charge in [-0.3, -0.25) is 9.69 Å². The summed E-state index contributed by atoms with van der Waals surface area (Å²) in [4.78, 5) is 17.5. The third-order valence-electron chi connectivity index (χ3n) is 5.03. The minimum atomic E-state index is -0.127. The Bertz CT molecular complexity index is 1190. The van der Waals surface area contributed by atoms with Crippen molar-refractivity contribution in [2.45, 2.75) is 26.6 Å². The van der Waals surface area contributed by atoms with E-state index in [4.69, 9.17) is 0 Å². The predicted octanol–water partition coefficient (Wildman–Crippen LogP) is 1.87. The normalized spacial score (nSPS) is 11.4. The number of tetrazole rings is 1. The van der Waals surface area contributed by atoms with Crippen molar-refractivity contribution in [2.75, 3.05) is 13.2 Å². The first kappa shape index (κ1) is 19.9. The topological polar surface area (TPSA) is 99.9 Å². The molecule has 0 amide bonds. The number of fused-ring (bicyclic) bond motifs is 1. The molecule has 4 rings (SSSR count). The van der Waals surface area contributed by atoms with Crippen LogP contribution in [0.25, 0.3) is 10.9 Å². The molecule has 4 aromatic rings. The summed E-state index contributed by atoms with van der Waals surface area (Å²) >= 11 is 0. The Morgan fingerprint density at radius 1 is 1.10 bits per heavy atom. The average Bonchev–Trinajstić information content (AvgIpc) is 3.16. The molecule has 2 aromatic heterocycles. The summed E-state index contributed by atoms with van der Waals surface area (Å²) in [6.45, 7) is 3.78. The summed E-state index contributed by atoms with van der Waals surface area (Å²) in [7, 11) is 0. The molecule has 8 heteroatoms. The van der Waals surface area contributed by atoms with Crippen molar-refractivity contribution in [2.24, 2.45) is 0 Å². The molecule has 0 fully saturated rings. The van der Waals surface area contributed by atoms with Gasteiger partial charge in [0.2, 0.25) is 0 Å². The summed E-state index contributed by atoms with van der Waals surface area (Å²) in [5.41, 5.74) is 3.56. The fourth-order valence-corrected chi connectivity index (χ4v) is 3.50. The van der Waals surface area contributed by atoms with Crippen molar-refractivity contribution in [1.82, 2.24) is 30.1 Å². The molecule has 0 unspecified atom stereocenters. The first-order chi connectivity index (χ1) is 14.6. The van der Waals surface area contributed by atoms with Crippen molar-refractivity contribution in [3.05, 3.63) is 87.5 Å². The first-order valence-corrected chi connectivity index (χ1v) is 9.87. The van der Waals surface area contributed by atoms with E-state index >= 15 is 0 Å². The van der Waals surface area contributed by atoms with Crippen LogP contribution in [0.4, 0.5) is 0 Å². The average molecular weight is 404 g/mol. The van der Waals surface area contributed by atoms with E-state index in [2.05, 4.69) is 20.5 Å². The minimum absolute atomic E-state index is 0.0230. The van der Waals surface area contributed by atoms with E-state index in [1.165, 1.54) is 0 Å². The van der Waals surface area contributed by atoms with Gasteiger partial charge in [0.05, 0.1) is 19.7 Å². The molecule has 2 aromatic carbocycles. The van der Waals surface area contributed by atoms with Crippen LogP contribution < -0.4 is 5.56 Å². The van der Waals surface area contributed by atoms with Crippen LogP contribution in [-0.4, -0.2) is 48.3 Å². The van der Waals surface area contributed by atoms with E-state index in [0.717, 1.165) is 22.0 Å². The van der Waals surface area contributed by atoms with Crippen molar-refractivity contribution in [1.29, 1.82) is 0 Å². The first-order valence-electron chi connectivity index (χ1n) is 9.87. The molecule has 30 heavy (non-hydrogen) atoms. The molecule has 8 nitrogen and oxygen atoms in total. The largest absolute Gasteiger partial charge is 0.395 e. The summed E-state index contributed by atoms with van der Waals surface area (Å²) in [6, 6.07) is 17.8. The number of benzene rings is 2. The third-order valence-corrected chi connectivity index (χ3v) is 5.03. The van der Waals surface area contributed by atoms with Gasteiger partial charge >= 0.3 is 0 Å². The van der Waals surface area contributed by atoms with Crippen LogP contribution in [0, 0.1) is 6.92 Å². The lowest BCUT2D eigenvalue weighted by molar-refractivity contribution is 0.179. The van der Waals surface area contributed by atoms with Crippen LogP contribution in [0.15, 0.2) is 59.4 Å². The van der Waals surface area contributed by atoms with Gasteiger partial charge in [-0.15, -0.1) is 5.10 Å². The van der Waals surface area contributed by atoms with E-state index in [1.54, 1.807) is 4.68 Å². The van der Waals surface area contributed by atoms with E-state index in [9.17, 15) is 9.90 Å². The number of rotatable bonds is 8. The van der Waals surface area contributed by atoms with Gasteiger partial charge < -0.3 is 10.1 Å². The van der Waals surface area contributed by atoms with Crippen LogP contribution in [0.2, 0.25) is 0 Å². The highest BCUT2D eigenvalue weighted by Crippen LogP contribution is 2.15. The van der Waals surface area contributed by atoms with Gasteiger partial charge in [0.1, 0.15) is 0 Å². The number of pyridine rings is 1. The molecular weight excluding hydrogens is 380 g/mol. The number of aliphatic hydroxyl groups excluding tert-OH is 1. The highest BCUT2D eigenvalue weighted by Gasteiger charge is 2.15. The van der Waals surface area contributed by atoms with Crippen LogP contribution in [0.1, 0.15) is 22.5 Å². The van der Waals surface area contributed by atoms with Crippen LogP contribution in [-0.2, 0) is 19.6 Å². The minimum Gasteiger partial charge on any atom is -0.395 e. The summed E-state index contributed by atoms with van der Waals surface area (Å²) in [5.74, 6) is 0.681. The highest BCUT2D eigenvalue weighted by molar-refractivity contribution is 5.79. The zero-order chi connectivity index (χ0) is 20.9. The highest BCUT2D eigenvalue weighted by atomic mass is 16.3. The number of hydrogen-bond acceptors (Lipinski definition) is 6. The van der Waals surface area contributed by atoms with Crippen LogP contribution >= 0.6 is 0 Å². The molecule has 2 heterocycles. The SMILES string of the molecule is Cc1ccc2[nH]c(=O)c(CN(CCO)Cc3nnnn3Cc3ccccc3)cc2c1. The van der Waals surface area contributed by atoms with Crippen molar-refractivity contribution >= 4 is 10.9 Å². The molecule has 0 aliphatic heterocycles. The molecule has 0 saturated heterocycles. The molecule has 0 aliphatic carbocycles. The number of aromatic amines is 1. The fourth-order valence-electron chi connectivity index (χ4n) is 3.50. The number of H-pyrrole nitrogens is 1. The van der Waals surface area contributed by atoms with Gasteiger partial charge in [-0.25, -0.2) is 4.68 Å². The summed E-state index contributed by atoms with van der Waals surface area (Å²) in [6.07, 6.45) is 0. The Balaban J connectivity index is 1.56. The summed E-state index contributed by atoms with van der Waals surface area (Å²) < 4.78 is 1.74. The summed E-state index contributed by atoms with van der Waals surface area (Å²) in [5, 5.41) is 22.6. The van der Waals surface area contributed by atoms with Gasteiger partial charge in [0.15, 0.2) is 5.82 Å². The van der Waals surface area contributed by atoms with Crippen molar-refractivity contribution in [3.63, 3.8) is 0 Å². The molecular formula is C22H24N6O2. The van der Waals surface area contributed by atoms with Crippen molar-refractivity contribution < 1.29 is 5.11 Å². The van der Waals surface area contributed by atoms with Gasteiger partial charge in [-0.1, -0.05) is 42.0 Å². The number of hydrogen-bond donors (Lipinski definition) is 2. The van der Waals surface area contributed by atoms with Gasteiger partial charge in [-0.2, -0.15) is 0 Å². The Hall–Kier alpha value is -3.36. The van der Waals surface area contributed by atoms with E-state index in [1.807, 2.05) is 66.4 Å². The van der Waals surface area contributed by atoms with E-state index < -0.39 is 0 Å². The quantitative estimate of drug-likeness (QED) is 0.465. The molecule has 0 bridgehead atoms. The number of aryl methyl sites for hydroxylation is 1. The Morgan fingerprint density at radius 2 is 1.93 bits per heavy atom. The zero-order valence-electron chi connectivity index (χ0n) is 16.8. The number of aromatic nitrogens is 5. The zero-order valence-corrected chi connectivity index (χ0v) is 16.8. The second kappa shape index (κ2) is 8.98. The molecule has 2 N–H and O–H groups in total. The second-order valence-corrected chi connectivity index (χ2v) is 7.39. The van der Waals surface area contributed by atoms with Crippen molar-refractivity contribution in [3.8, 4) is 0 Å². The number of nitrogens with zero attached hydrogens (tertiary/aromatic N) is 5. The fraction of sp³-hybridized carbons (Fsp3) is 0.273. The lowest BCUT2D eigenvalue weighted by Crippen LogP contribution is -2.30. The second-order valence-electron chi connectivity index (χ2n) is 7.39. The third kappa shape index (κ3) is 4.61. The van der Waals surface area contributed by atoms with Gasteiger partial charge in [0.25, 0.3) is 5.56 Å². The standard InChI is InChI=1S/C22H24N6O2/c1-16-7-8-20-18(11-16)12-19(22(30)23-20)14-27(9-10-29)15-21-24-25-26-28(21)13-17-5-3-2-4-6-17/h2-8,11-12,29H,9-10,13-15H2,1H3,(H,23,30). The van der Waals surface area contributed by atoms with Gasteiger partial charge in [0, 0.05) is 24.2 Å². The van der Waals surface area contributed by atoms with Gasteiger partial charge in [-0.05, 0) is 46.5 Å². The maximum Gasteiger partial charge on any atom is 0.252 e. The predicted molar refractivity (Wildman–Crippen MR) is 114 cm³/mol. The molecule has 0 radical (unpaired) electrons. The van der Waals surface area contributed by atoms with Crippen LogP contribution in [0.5, 0.6) is 0 Å². The maximum atomic E-state index is 12.6. The molecule has 0 aliphatic rings. The maximum absolute atomic E-state index is 12.6. The number of aliphatic hydroxyl groups is 1. The lowest BCUT2D eigenvalue weighted by Gasteiger charge is -2.20. The smallest absolute Gasteiger partial charge is 0.252 e. The van der Waals surface area contributed by atoms with E-state index in [0.29, 0.717) is 37.6 Å².